The highest BCUT2D eigenvalue weighted by Gasteiger charge is 2.67. The molecule has 1 heterocycles. The van der Waals surface area contributed by atoms with Gasteiger partial charge in [0.15, 0.2) is 0 Å². The highest BCUT2D eigenvalue weighted by Crippen LogP contribution is 2.70. The molecular weight excluding hydrogens is 200 g/mol. The van der Waals surface area contributed by atoms with E-state index in [4.69, 9.17) is 4.74 Å². The molecule has 1 N–H and O–H groups in total. The molecule has 3 aliphatic rings. The van der Waals surface area contributed by atoms with Gasteiger partial charge in [0.05, 0.1) is 18.3 Å². The van der Waals surface area contributed by atoms with E-state index in [2.05, 4.69) is 20.8 Å². The molecule has 2 heteroatoms. The summed E-state index contributed by atoms with van der Waals surface area (Å²) in [4.78, 5) is 0. The van der Waals surface area contributed by atoms with E-state index >= 15 is 0 Å². The van der Waals surface area contributed by atoms with Gasteiger partial charge in [-0.1, -0.05) is 20.8 Å². The summed E-state index contributed by atoms with van der Waals surface area (Å²) in [5.74, 6) is 0.725. The predicted octanol–water partition coefficient (Wildman–Crippen LogP) is 2.74. The van der Waals surface area contributed by atoms with Crippen molar-refractivity contribution < 1.29 is 9.84 Å². The summed E-state index contributed by atoms with van der Waals surface area (Å²) in [6.45, 7) is 7.94. The molecule has 2 aliphatic carbocycles. The zero-order valence-electron chi connectivity index (χ0n) is 10.8. The maximum absolute atomic E-state index is 11.0. The zero-order valence-corrected chi connectivity index (χ0v) is 10.8. The molecule has 2 saturated carbocycles. The third-order valence-corrected chi connectivity index (χ3v) is 6.33. The van der Waals surface area contributed by atoms with Crippen LogP contribution in [0.5, 0.6) is 0 Å². The number of fused-ring (bicyclic) bond motifs is 2. The van der Waals surface area contributed by atoms with E-state index in [0.717, 1.165) is 31.8 Å². The molecule has 0 aromatic carbocycles. The molecule has 0 amide bonds. The number of ether oxygens (including phenoxy) is 1. The largest absolute Gasteiger partial charge is 0.389 e. The van der Waals surface area contributed by atoms with Crippen LogP contribution in [0.3, 0.4) is 0 Å². The Morgan fingerprint density at radius 3 is 2.44 bits per heavy atom. The lowest BCUT2D eigenvalue weighted by molar-refractivity contribution is -0.0964. The number of hydrogen-bond donors (Lipinski definition) is 1. The summed E-state index contributed by atoms with van der Waals surface area (Å²) in [6, 6.07) is 0. The van der Waals surface area contributed by atoms with Crippen LogP contribution in [0, 0.1) is 16.7 Å². The molecule has 2 nitrogen and oxygen atoms in total. The predicted molar refractivity (Wildman–Crippen MR) is 63.2 cm³/mol. The van der Waals surface area contributed by atoms with Gasteiger partial charge in [0.1, 0.15) is 0 Å². The van der Waals surface area contributed by atoms with Gasteiger partial charge >= 0.3 is 0 Å². The van der Waals surface area contributed by atoms with Crippen molar-refractivity contribution in [2.45, 2.75) is 64.6 Å². The Balaban J connectivity index is 1.80. The monoisotopic (exact) mass is 224 g/mol. The summed E-state index contributed by atoms with van der Waals surface area (Å²) < 4.78 is 5.27. The van der Waals surface area contributed by atoms with E-state index < -0.39 is 5.60 Å². The van der Waals surface area contributed by atoms with E-state index in [1.807, 2.05) is 0 Å². The second-order valence-corrected chi connectivity index (χ2v) is 7.02. The Morgan fingerprint density at radius 2 is 2.00 bits per heavy atom. The lowest BCUT2D eigenvalue weighted by Gasteiger charge is -2.45. The first-order valence-corrected chi connectivity index (χ1v) is 6.73. The maximum atomic E-state index is 11.0. The Kier molecular flexibility index (Phi) is 2.09. The quantitative estimate of drug-likeness (QED) is 0.748. The molecule has 0 spiro atoms. The average Bonchev–Trinajstić information content (AvgIpc) is 2.97. The molecule has 3 fully saturated rings. The summed E-state index contributed by atoms with van der Waals surface area (Å²) >= 11 is 0. The van der Waals surface area contributed by atoms with E-state index in [-0.39, 0.29) is 5.41 Å². The molecule has 0 aromatic rings. The lowest BCUT2D eigenvalue weighted by atomic mass is 9.63. The third-order valence-electron chi connectivity index (χ3n) is 6.33. The smallest absolute Gasteiger partial charge is 0.0811 e. The van der Waals surface area contributed by atoms with Crippen molar-refractivity contribution in [2.24, 2.45) is 16.7 Å². The fourth-order valence-corrected chi connectivity index (χ4v) is 4.43. The first kappa shape index (κ1) is 11.0. The second-order valence-electron chi connectivity index (χ2n) is 7.02. The molecule has 3 rings (SSSR count). The molecule has 0 aromatic heterocycles. The highest BCUT2D eigenvalue weighted by molar-refractivity contribution is 5.17. The molecule has 0 radical (unpaired) electrons. The second kappa shape index (κ2) is 3.02. The normalized spacial score (nSPS) is 53.2. The van der Waals surface area contributed by atoms with Crippen molar-refractivity contribution in [1.29, 1.82) is 0 Å². The minimum atomic E-state index is -0.425. The summed E-state index contributed by atoms with van der Waals surface area (Å²) in [7, 11) is 0. The highest BCUT2D eigenvalue weighted by atomic mass is 16.6. The van der Waals surface area contributed by atoms with Gasteiger partial charge in [0, 0.05) is 5.41 Å². The Bertz CT molecular complexity index is 308. The molecule has 4 atom stereocenters. The van der Waals surface area contributed by atoms with Crippen molar-refractivity contribution >= 4 is 0 Å². The fourth-order valence-electron chi connectivity index (χ4n) is 4.43. The van der Waals surface area contributed by atoms with Gasteiger partial charge in [-0.2, -0.15) is 0 Å². The van der Waals surface area contributed by atoms with E-state index in [9.17, 15) is 5.11 Å². The minimum Gasteiger partial charge on any atom is -0.389 e. The SMILES string of the molecule is CC1(C)C2CCC1(C)C(O)(CCC1CO1)C2. The molecular formula is C14H24O2. The van der Waals surface area contributed by atoms with Crippen LogP contribution in [0.1, 0.15) is 52.9 Å². The maximum Gasteiger partial charge on any atom is 0.0811 e. The van der Waals surface area contributed by atoms with Crippen LogP contribution in [0.15, 0.2) is 0 Å². The van der Waals surface area contributed by atoms with Crippen LogP contribution in [-0.2, 0) is 4.74 Å². The van der Waals surface area contributed by atoms with Crippen LogP contribution < -0.4 is 0 Å². The molecule has 2 bridgehead atoms. The van der Waals surface area contributed by atoms with Gasteiger partial charge in [-0.15, -0.1) is 0 Å². The first-order chi connectivity index (χ1) is 7.39. The Labute approximate surface area is 98.4 Å². The molecule has 4 unspecified atom stereocenters. The van der Waals surface area contributed by atoms with E-state index in [1.54, 1.807) is 0 Å². The van der Waals surface area contributed by atoms with Crippen LogP contribution in [0.2, 0.25) is 0 Å². The van der Waals surface area contributed by atoms with Gasteiger partial charge in [-0.25, -0.2) is 0 Å². The fraction of sp³-hybridized carbons (Fsp3) is 1.00. The number of rotatable bonds is 3. The minimum absolute atomic E-state index is 0.125. The van der Waals surface area contributed by atoms with Crippen molar-refractivity contribution in [3.8, 4) is 0 Å². The van der Waals surface area contributed by atoms with Crippen molar-refractivity contribution in [3.63, 3.8) is 0 Å². The molecule has 92 valence electrons. The van der Waals surface area contributed by atoms with Crippen LogP contribution in [0.4, 0.5) is 0 Å². The molecule has 1 saturated heterocycles. The standard InChI is InChI=1S/C14H24O2/c1-12(2)10-4-6-13(12,3)14(15,8-10)7-5-11-9-16-11/h10-11,15H,4-9H2,1-3H3. The van der Waals surface area contributed by atoms with Gasteiger partial charge in [0.2, 0.25) is 0 Å². The average molecular weight is 224 g/mol. The molecule has 16 heavy (non-hydrogen) atoms. The van der Waals surface area contributed by atoms with E-state index in [1.165, 1.54) is 12.8 Å². The Morgan fingerprint density at radius 1 is 1.31 bits per heavy atom. The van der Waals surface area contributed by atoms with Gasteiger partial charge in [0.25, 0.3) is 0 Å². The summed E-state index contributed by atoms with van der Waals surface area (Å²) in [5, 5.41) is 11.0. The lowest BCUT2D eigenvalue weighted by Crippen LogP contribution is -2.47. The topological polar surface area (TPSA) is 32.8 Å². The van der Waals surface area contributed by atoms with Gasteiger partial charge < -0.3 is 9.84 Å². The molecule has 1 aliphatic heterocycles. The van der Waals surface area contributed by atoms with Crippen molar-refractivity contribution in [2.75, 3.05) is 6.61 Å². The van der Waals surface area contributed by atoms with Crippen molar-refractivity contribution in [3.05, 3.63) is 0 Å². The van der Waals surface area contributed by atoms with E-state index in [0.29, 0.717) is 11.5 Å². The zero-order chi connectivity index (χ0) is 11.6. The van der Waals surface area contributed by atoms with Crippen LogP contribution in [-0.4, -0.2) is 23.4 Å². The number of aliphatic hydroxyl groups is 1. The van der Waals surface area contributed by atoms with Crippen LogP contribution >= 0.6 is 0 Å². The van der Waals surface area contributed by atoms with Crippen molar-refractivity contribution in [1.82, 2.24) is 0 Å². The third kappa shape index (κ3) is 1.20. The van der Waals surface area contributed by atoms with Crippen LogP contribution in [0.25, 0.3) is 0 Å². The Hall–Kier alpha value is -0.0800. The number of epoxide rings is 1. The first-order valence-electron chi connectivity index (χ1n) is 6.73. The number of hydrogen-bond acceptors (Lipinski definition) is 2. The van der Waals surface area contributed by atoms with Gasteiger partial charge in [-0.3, -0.25) is 0 Å². The van der Waals surface area contributed by atoms with Gasteiger partial charge in [-0.05, 0) is 43.4 Å². The summed E-state index contributed by atoms with van der Waals surface area (Å²) in [5.41, 5.74) is 0.0110. The summed E-state index contributed by atoms with van der Waals surface area (Å²) in [6.07, 6.45) is 5.97.